The molecule has 0 spiro atoms. The molecular formula is C14H19FS. The third kappa shape index (κ3) is 4.40. The Labute approximate surface area is 102 Å². The summed E-state index contributed by atoms with van der Waals surface area (Å²) in [5.41, 5.74) is 0. The number of hydrogen-bond donors (Lipinski definition) is 0. The van der Waals surface area contributed by atoms with Gasteiger partial charge < -0.3 is 0 Å². The maximum absolute atomic E-state index is 13.8. The predicted octanol–water partition coefficient (Wildman–Crippen LogP) is 5.56. The maximum Gasteiger partial charge on any atom is 0.110 e. The van der Waals surface area contributed by atoms with Crippen LogP contribution in [0, 0.1) is 0 Å². The molecule has 1 aromatic rings. The Morgan fingerprint density at radius 2 is 1.69 bits per heavy atom. The summed E-state index contributed by atoms with van der Waals surface area (Å²) in [6, 6.07) is 10.0. The molecule has 0 aliphatic heterocycles. The summed E-state index contributed by atoms with van der Waals surface area (Å²) in [6.45, 7) is 4.10. The van der Waals surface area contributed by atoms with Gasteiger partial charge in [0.2, 0.25) is 0 Å². The highest BCUT2D eigenvalue weighted by Gasteiger charge is 2.07. The summed E-state index contributed by atoms with van der Waals surface area (Å²) in [6.07, 6.45) is 3.27. The van der Waals surface area contributed by atoms with Crippen molar-refractivity contribution in [2.45, 2.75) is 44.4 Å². The van der Waals surface area contributed by atoms with E-state index in [2.05, 4.69) is 6.92 Å². The van der Waals surface area contributed by atoms with Crippen molar-refractivity contribution in [3.05, 3.63) is 41.1 Å². The first kappa shape index (κ1) is 13.3. The zero-order chi connectivity index (χ0) is 11.8. The second kappa shape index (κ2) is 7.50. The van der Waals surface area contributed by atoms with Crippen LogP contribution in [0.2, 0.25) is 0 Å². The fraction of sp³-hybridized carbons (Fsp3) is 0.429. The van der Waals surface area contributed by atoms with Gasteiger partial charge in [0, 0.05) is 9.80 Å². The topological polar surface area (TPSA) is 0 Å². The smallest absolute Gasteiger partial charge is 0.110 e. The first-order valence-electron chi connectivity index (χ1n) is 5.88. The third-order valence-corrected chi connectivity index (χ3v) is 3.41. The molecule has 2 heteroatoms. The number of benzene rings is 1. The van der Waals surface area contributed by atoms with Gasteiger partial charge in [-0.1, -0.05) is 50.2 Å². The van der Waals surface area contributed by atoms with Crippen LogP contribution in [0.5, 0.6) is 0 Å². The minimum atomic E-state index is 0.0678. The first-order chi connectivity index (χ1) is 7.77. The molecule has 0 fully saturated rings. The highest BCUT2D eigenvalue weighted by molar-refractivity contribution is 8.03. The lowest BCUT2D eigenvalue weighted by Gasteiger charge is -2.08. The quantitative estimate of drug-likeness (QED) is 0.585. The van der Waals surface area contributed by atoms with Crippen molar-refractivity contribution < 1.29 is 4.39 Å². The van der Waals surface area contributed by atoms with Gasteiger partial charge in [0.25, 0.3) is 0 Å². The number of rotatable bonds is 6. The van der Waals surface area contributed by atoms with Gasteiger partial charge in [-0.15, -0.1) is 0 Å². The highest BCUT2D eigenvalue weighted by Crippen LogP contribution is 2.33. The molecule has 16 heavy (non-hydrogen) atoms. The number of hydrogen-bond acceptors (Lipinski definition) is 1. The summed E-state index contributed by atoms with van der Waals surface area (Å²) in [7, 11) is 0. The van der Waals surface area contributed by atoms with Crippen molar-refractivity contribution in [1.82, 2.24) is 0 Å². The van der Waals surface area contributed by atoms with E-state index in [4.69, 9.17) is 0 Å². The first-order valence-corrected chi connectivity index (χ1v) is 6.70. The van der Waals surface area contributed by atoms with Gasteiger partial charge in [0.05, 0.1) is 0 Å². The average molecular weight is 238 g/mol. The van der Waals surface area contributed by atoms with Crippen LogP contribution in [-0.2, 0) is 0 Å². The lowest BCUT2D eigenvalue weighted by Crippen LogP contribution is -1.84. The Kier molecular flexibility index (Phi) is 6.24. The van der Waals surface area contributed by atoms with Crippen molar-refractivity contribution in [3.63, 3.8) is 0 Å². The molecule has 0 amide bonds. The Morgan fingerprint density at radius 1 is 1.06 bits per heavy atom. The van der Waals surface area contributed by atoms with Crippen LogP contribution in [0.3, 0.4) is 0 Å². The predicted molar refractivity (Wildman–Crippen MR) is 70.2 cm³/mol. The molecule has 1 aromatic carbocycles. The molecule has 1 rings (SSSR count). The summed E-state index contributed by atoms with van der Waals surface area (Å²) in [4.78, 5) is 2.02. The minimum absolute atomic E-state index is 0.0678. The fourth-order valence-corrected chi connectivity index (χ4v) is 2.56. The van der Waals surface area contributed by atoms with E-state index in [1.165, 1.54) is 0 Å². The average Bonchev–Trinajstić information content (AvgIpc) is 2.30. The lowest BCUT2D eigenvalue weighted by molar-refractivity contribution is 0.573. The van der Waals surface area contributed by atoms with E-state index >= 15 is 0 Å². The van der Waals surface area contributed by atoms with E-state index in [1.54, 1.807) is 11.8 Å². The van der Waals surface area contributed by atoms with Crippen LogP contribution in [0.15, 0.2) is 46.0 Å². The molecule has 0 saturated carbocycles. The molecule has 0 N–H and O–H groups in total. The van der Waals surface area contributed by atoms with E-state index in [-0.39, 0.29) is 5.83 Å². The van der Waals surface area contributed by atoms with Crippen molar-refractivity contribution in [1.29, 1.82) is 0 Å². The van der Waals surface area contributed by atoms with Crippen molar-refractivity contribution in [2.24, 2.45) is 0 Å². The van der Waals surface area contributed by atoms with Crippen LogP contribution in [-0.4, -0.2) is 0 Å². The van der Waals surface area contributed by atoms with Crippen LogP contribution in [0.25, 0.3) is 0 Å². The SMILES string of the molecule is CCC/C(F)=C(/CCC)Sc1ccccc1. The van der Waals surface area contributed by atoms with Gasteiger partial charge >= 0.3 is 0 Å². The van der Waals surface area contributed by atoms with E-state index in [9.17, 15) is 4.39 Å². The molecule has 0 aromatic heterocycles. The Morgan fingerprint density at radius 3 is 2.25 bits per heavy atom. The second-order valence-electron chi connectivity index (χ2n) is 3.74. The van der Waals surface area contributed by atoms with Crippen LogP contribution >= 0.6 is 11.8 Å². The maximum atomic E-state index is 13.8. The molecule has 0 aliphatic carbocycles. The second-order valence-corrected chi connectivity index (χ2v) is 4.91. The van der Waals surface area contributed by atoms with E-state index in [0.717, 1.165) is 29.1 Å². The molecule has 0 radical (unpaired) electrons. The molecule has 88 valence electrons. The number of thioether (sulfide) groups is 1. The lowest BCUT2D eigenvalue weighted by atomic mass is 10.2. The molecule has 0 nitrogen and oxygen atoms in total. The van der Waals surface area contributed by atoms with Crippen LogP contribution in [0.1, 0.15) is 39.5 Å². The molecule has 0 bridgehead atoms. The van der Waals surface area contributed by atoms with Crippen LogP contribution in [0.4, 0.5) is 4.39 Å². The molecular weight excluding hydrogens is 219 g/mol. The van der Waals surface area contributed by atoms with Gasteiger partial charge in [-0.25, -0.2) is 4.39 Å². The van der Waals surface area contributed by atoms with E-state index in [0.29, 0.717) is 6.42 Å². The van der Waals surface area contributed by atoms with Crippen LogP contribution < -0.4 is 0 Å². The van der Waals surface area contributed by atoms with Crippen molar-refractivity contribution >= 4 is 11.8 Å². The largest absolute Gasteiger partial charge is 0.211 e. The molecule has 0 atom stereocenters. The van der Waals surface area contributed by atoms with Gasteiger partial charge in [-0.3, -0.25) is 0 Å². The zero-order valence-electron chi connectivity index (χ0n) is 10.0. The minimum Gasteiger partial charge on any atom is -0.211 e. The summed E-state index contributed by atoms with van der Waals surface area (Å²) in [5.74, 6) is 0.0678. The zero-order valence-corrected chi connectivity index (χ0v) is 10.8. The van der Waals surface area contributed by atoms with Gasteiger partial charge in [0.15, 0.2) is 0 Å². The third-order valence-electron chi connectivity index (χ3n) is 2.23. The molecule has 0 aliphatic rings. The monoisotopic (exact) mass is 238 g/mol. The number of halogens is 1. The summed E-state index contributed by atoms with van der Waals surface area (Å²) in [5, 5.41) is 0. The van der Waals surface area contributed by atoms with Gasteiger partial charge in [-0.2, -0.15) is 0 Å². The van der Waals surface area contributed by atoms with E-state index in [1.807, 2.05) is 37.3 Å². The molecule has 0 saturated heterocycles. The van der Waals surface area contributed by atoms with Gasteiger partial charge in [0.1, 0.15) is 5.83 Å². The standard InChI is InChI=1S/C14H19FS/c1-3-8-13(15)14(9-4-2)16-12-10-6-5-7-11-12/h5-7,10-11H,3-4,8-9H2,1-2H3/b14-13+. The van der Waals surface area contributed by atoms with Crippen molar-refractivity contribution in [3.8, 4) is 0 Å². The van der Waals surface area contributed by atoms with E-state index < -0.39 is 0 Å². The highest BCUT2D eigenvalue weighted by atomic mass is 32.2. The Bertz CT molecular complexity index is 330. The molecule has 0 unspecified atom stereocenters. The Balaban J connectivity index is 2.75. The Hall–Kier alpha value is -0.760. The number of allylic oxidation sites excluding steroid dienone is 2. The fourth-order valence-electron chi connectivity index (χ4n) is 1.46. The van der Waals surface area contributed by atoms with Gasteiger partial charge in [-0.05, 0) is 31.4 Å². The summed E-state index contributed by atoms with van der Waals surface area (Å²) < 4.78 is 13.8. The molecule has 0 heterocycles. The van der Waals surface area contributed by atoms with Crippen molar-refractivity contribution in [2.75, 3.05) is 0 Å². The summed E-state index contributed by atoms with van der Waals surface area (Å²) >= 11 is 1.57. The normalized spacial score (nSPS) is 12.4.